The first-order chi connectivity index (χ1) is 8.74. The topological polar surface area (TPSA) is 41.9 Å². The van der Waals surface area contributed by atoms with Crippen LogP contribution in [-0.4, -0.2) is 29.8 Å². The van der Waals surface area contributed by atoms with Crippen LogP contribution in [0.5, 0.6) is 0 Å². The van der Waals surface area contributed by atoms with E-state index in [2.05, 4.69) is 24.2 Å². The molecule has 0 aliphatic carbocycles. The predicted octanol–water partition coefficient (Wildman–Crippen LogP) is 1.73. The second kappa shape index (κ2) is 4.53. The normalized spacial score (nSPS) is 22.9. The van der Waals surface area contributed by atoms with Gasteiger partial charge in [0.15, 0.2) is 0 Å². The number of benzene rings is 1. The molecule has 0 bridgehead atoms. The number of aryl methyl sites for hydroxylation is 1. The number of fused-ring (bicyclic) bond motifs is 1. The van der Waals surface area contributed by atoms with Gasteiger partial charge in [-0.3, -0.25) is 4.79 Å². The summed E-state index contributed by atoms with van der Waals surface area (Å²) in [4.78, 5) is 12.2. The van der Waals surface area contributed by atoms with Crippen LogP contribution in [0.2, 0.25) is 0 Å². The van der Waals surface area contributed by atoms with E-state index in [0.29, 0.717) is 19.8 Å². The van der Waals surface area contributed by atoms with Crippen LogP contribution in [0.1, 0.15) is 17.5 Å². The quantitative estimate of drug-likeness (QED) is 0.795. The molecule has 2 aliphatic rings. The van der Waals surface area contributed by atoms with Crippen LogP contribution in [-0.2, 0) is 16.1 Å². The minimum atomic E-state index is -0.136. The molecule has 0 N–H and O–H groups in total. The average Bonchev–Trinajstić information content (AvgIpc) is 2.67. The van der Waals surface area contributed by atoms with Gasteiger partial charge in [0.25, 0.3) is 5.91 Å². The Morgan fingerprint density at radius 3 is 3.17 bits per heavy atom. The van der Waals surface area contributed by atoms with Gasteiger partial charge in [-0.2, -0.15) is 5.10 Å². The highest BCUT2D eigenvalue weighted by Crippen LogP contribution is 2.23. The van der Waals surface area contributed by atoms with E-state index < -0.39 is 0 Å². The van der Waals surface area contributed by atoms with Crippen LogP contribution < -0.4 is 0 Å². The fourth-order valence-corrected chi connectivity index (χ4v) is 2.46. The summed E-state index contributed by atoms with van der Waals surface area (Å²) in [5, 5.41) is 6.02. The lowest BCUT2D eigenvalue weighted by molar-refractivity contribution is -0.134. The van der Waals surface area contributed by atoms with Gasteiger partial charge in [0.1, 0.15) is 5.92 Å². The van der Waals surface area contributed by atoms with Crippen molar-refractivity contribution in [3.05, 3.63) is 35.4 Å². The maximum Gasteiger partial charge on any atom is 0.254 e. The molecular weight excluding hydrogens is 228 g/mol. The Kier molecular flexibility index (Phi) is 2.88. The molecule has 18 heavy (non-hydrogen) atoms. The van der Waals surface area contributed by atoms with E-state index in [0.717, 1.165) is 17.7 Å². The summed E-state index contributed by atoms with van der Waals surface area (Å²) in [6, 6.07) is 8.17. The van der Waals surface area contributed by atoms with Crippen LogP contribution in [0.15, 0.2) is 29.4 Å². The molecule has 3 rings (SSSR count). The van der Waals surface area contributed by atoms with E-state index in [1.807, 2.05) is 12.1 Å². The molecule has 2 aliphatic heterocycles. The average molecular weight is 244 g/mol. The lowest BCUT2D eigenvalue weighted by Crippen LogP contribution is -2.33. The zero-order valence-electron chi connectivity index (χ0n) is 10.4. The number of hydrogen-bond donors (Lipinski definition) is 0. The van der Waals surface area contributed by atoms with Crippen LogP contribution in [0.25, 0.3) is 0 Å². The van der Waals surface area contributed by atoms with Gasteiger partial charge in [-0.25, -0.2) is 5.01 Å². The number of nitrogens with zero attached hydrogens (tertiary/aromatic N) is 2. The van der Waals surface area contributed by atoms with Crippen molar-refractivity contribution in [3.63, 3.8) is 0 Å². The Bertz CT molecular complexity index is 510. The van der Waals surface area contributed by atoms with Gasteiger partial charge < -0.3 is 4.74 Å². The van der Waals surface area contributed by atoms with Crippen molar-refractivity contribution in [2.45, 2.75) is 19.9 Å². The molecule has 1 unspecified atom stereocenters. The lowest BCUT2D eigenvalue weighted by atomic mass is 10.00. The smallest absolute Gasteiger partial charge is 0.254 e. The number of rotatable bonds is 2. The van der Waals surface area contributed by atoms with Crippen molar-refractivity contribution in [2.75, 3.05) is 13.2 Å². The number of amides is 1. The summed E-state index contributed by atoms with van der Waals surface area (Å²) in [6.45, 7) is 3.78. The standard InChI is InChI=1S/C14H16N2O2/c1-10-3-2-4-11(7-10)8-16-14(17)12-9-18-6-5-13(12)15-16/h2-4,7,12H,5-6,8-9H2,1H3. The van der Waals surface area contributed by atoms with E-state index in [4.69, 9.17) is 4.74 Å². The van der Waals surface area contributed by atoms with Crippen LogP contribution in [0, 0.1) is 12.8 Å². The molecule has 94 valence electrons. The Morgan fingerprint density at radius 1 is 1.50 bits per heavy atom. The fraction of sp³-hybridized carbons (Fsp3) is 0.429. The third kappa shape index (κ3) is 2.04. The summed E-state index contributed by atoms with van der Waals surface area (Å²) < 4.78 is 5.34. The largest absolute Gasteiger partial charge is 0.380 e. The zero-order valence-corrected chi connectivity index (χ0v) is 10.4. The van der Waals surface area contributed by atoms with E-state index >= 15 is 0 Å². The number of carbonyl (C=O) groups excluding carboxylic acids is 1. The van der Waals surface area contributed by atoms with Gasteiger partial charge in [-0.05, 0) is 12.5 Å². The molecule has 1 aromatic carbocycles. The van der Waals surface area contributed by atoms with Crippen LogP contribution in [0.4, 0.5) is 0 Å². The van der Waals surface area contributed by atoms with Crippen molar-refractivity contribution in [1.29, 1.82) is 0 Å². The van der Waals surface area contributed by atoms with Gasteiger partial charge in [-0.1, -0.05) is 29.8 Å². The van der Waals surface area contributed by atoms with Gasteiger partial charge in [-0.15, -0.1) is 0 Å². The molecule has 2 heterocycles. The molecule has 0 spiro atoms. The minimum Gasteiger partial charge on any atom is -0.380 e. The third-order valence-corrected chi connectivity index (χ3v) is 3.41. The summed E-state index contributed by atoms with van der Waals surface area (Å²) in [6.07, 6.45) is 0.778. The molecule has 1 fully saturated rings. The molecule has 1 atom stereocenters. The van der Waals surface area contributed by atoms with Crippen molar-refractivity contribution in [1.82, 2.24) is 5.01 Å². The maximum absolute atomic E-state index is 12.2. The SMILES string of the molecule is Cc1cccc(CN2N=C3CCOCC3C2=O)c1. The highest BCUT2D eigenvalue weighted by atomic mass is 16.5. The highest BCUT2D eigenvalue weighted by molar-refractivity contribution is 6.08. The number of ether oxygens (including phenoxy) is 1. The Morgan fingerprint density at radius 2 is 2.39 bits per heavy atom. The summed E-state index contributed by atoms with van der Waals surface area (Å²) in [5.74, 6) is -0.0604. The van der Waals surface area contributed by atoms with Gasteiger partial charge in [0.2, 0.25) is 0 Å². The zero-order chi connectivity index (χ0) is 12.5. The third-order valence-electron chi connectivity index (χ3n) is 3.41. The first-order valence-electron chi connectivity index (χ1n) is 6.26. The Balaban J connectivity index is 1.78. The number of carbonyl (C=O) groups is 1. The van der Waals surface area contributed by atoms with Crippen LogP contribution >= 0.6 is 0 Å². The first-order valence-corrected chi connectivity index (χ1v) is 6.26. The van der Waals surface area contributed by atoms with Gasteiger partial charge in [0, 0.05) is 6.42 Å². The summed E-state index contributed by atoms with van der Waals surface area (Å²) in [7, 11) is 0. The minimum absolute atomic E-state index is 0.0752. The predicted molar refractivity (Wildman–Crippen MR) is 68.1 cm³/mol. The molecule has 0 radical (unpaired) electrons. The van der Waals surface area contributed by atoms with Crippen molar-refractivity contribution < 1.29 is 9.53 Å². The van der Waals surface area contributed by atoms with E-state index in [9.17, 15) is 4.79 Å². The summed E-state index contributed by atoms with van der Waals surface area (Å²) >= 11 is 0. The van der Waals surface area contributed by atoms with Crippen molar-refractivity contribution in [2.24, 2.45) is 11.0 Å². The lowest BCUT2D eigenvalue weighted by Gasteiger charge is -2.17. The van der Waals surface area contributed by atoms with E-state index in [-0.39, 0.29) is 11.8 Å². The maximum atomic E-state index is 12.2. The molecule has 0 saturated carbocycles. The number of hydrogen-bond acceptors (Lipinski definition) is 3. The molecule has 4 nitrogen and oxygen atoms in total. The van der Waals surface area contributed by atoms with Crippen LogP contribution in [0.3, 0.4) is 0 Å². The fourth-order valence-electron chi connectivity index (χ4n) is 2.46. The molecule has 4 heteroatoms. The first kappa shape index (κ1) is 11.4. The Labute approximate surface area is 106 Å². The molecule has 1 aromatic rings. The molecule has 1 saturated heterocycles. The Hall–Kier alpha value is -1.68. The highest BCUT2D eigenvalue weighted by Gasteiger charge is 2.37. The second-order valence-electron chi connectivity index (χ2n) is 4.85. The molecular formula is C14H16N2O2. The van der Waals surface area contributed by atoms with Crippen molar-refractivity contribution in [3.8, 4) is 0 Å². The monoisotopic (exact) mass is 244 g/mol. The van der Waals surface area contributed by atoms with E-state index in [1.165, 1.54) is 5.56 Å². The van der Waals surface area contributed by atoms with E-state index in [1.54, 1.807) is 5.01 Å². The number of hydrazone groups is 1. The van der Waals surface area contributed by atoms with Gasteiger partial charge in [0.05, 0.1) is 25.5 Å². The second-order valence-corrected chi connectivity index (χ2v) is 4.85. The molecule has 1 amide bonds. The molecule has 0 aromatic heterocycles. The summed E-state index contributed by atoms with van der Waals surface area (Å²) in [5.41, 5.74) is 3.30. The van der Waals surface area contributed by atoms with Gasteiger partial charge >= 0.3 is 0 Å². The van der Waals surface area contributed by atoms with Crippen molar-refractivity contribution >= 4 is 11.6 Å².